The zero-order valence-electron chi connectivity index (χ0n) is 20.2. The van der Waals surface area contributed by atoms with Crippen LogP contribution in [0.2, 0.25) is 0 Å². The molecule has 1 aliphatic heterocycles. The highest BCUT2D eigenvalue weighted by Gasteiger charge is 2.48. The van der Waals surface area contributed by atoms with Gasteiger partial charge in [-0.1, -0.05) is 23.5 Å². The molecule has 0 aliphatic carbocycles. The molecule has 5 aromatic rings. The summed E-state index contributed by atoms with van der Waals surface area (Å²) in [6.07, 6.45) is 1.71. The molecule has 0 bridgehead atoms. The van der Waals surface area contributed by atoms with Gasteiger partial charge in [0.1, 0.15) is 11.3 Å². The quantitative estimate of drug-likeness (QED) is 0.114. The zero-order chi connectivity index (χ0) is 26.7. The van der Waals surface area contributed by atoms with Crippen molar-refractivity contribution >= 4 is 55.5 Å². The molecule has 1 unspecified atom stereocenters. The standard InChI is InChI=1S/C27H19N5O5S/c1-14-6-11-18-19(13-14)38-27(29-18)31-23(16-7-9-17(10-8-16)32(36)37)21(25(34)26(31)35)24(33)22-15(2)28-20-5-3-4-12-30(20)22/h3-13,23,33H,1-2H3/b24-21+. The van der Waals surface area contributed by atoms with Crippen LogP contribution in [0.4, 0.5) is 10.8 Å². The lowest BCUT2D eigenvalue weighted by Crippen LogP contribution is -2.29. The van der Waals surface area contributed by atoms with Crippen LogP contribution in [0, 0.1) is 24.0 Å². The molecule has 1 fully saturated rings. The maximum absolute atomic E-state index is 13.5. The normalized spacial score (nSPS) is 17.1. The second kappa shape index (κ2) is 8.60. The van der Waals surface area contributed by atoms with Gasteiger partial charge in [-0.15, -0.1) is 0 Å². The molecule has 38 heavy (non-hydrogen) atoms. The molecule has 1 amide bonds. The van der Waals surface area contributed by atoms with Gasteiger partial charge in [0.15, 0.2) is 10.9 Å². The molecule has 6 rings (SSSR count). The lowest BCUT2D eigenvalue weighted by atomic mass is 9.96. The molecule has 2 aromatic carbocycles. The second-order valence-electron chi connectivity index (χ2n) is 8.96. The Hall–Kier alpha value is -4.90. The van der Waals surface area contributed by atoms with Crippen molar-refractivity contribution < 1.29 is 19.6 Å². The Morgan fingerprint density at radius 1 is 1.05 bits per heavy atom. The van der Waals surface area contributed by atoms with E-state index in [1.54, 1.807) is 35.7 Å². The number of benzene rings is 2. The molecule has 4 heterocycles. The van der Waals surface area contributed by atoms with Gasteiger partial charge in [-0.05, 0) is 61.4 Å². The molecule has 11 heteroatoms. The van der Waals surface area contributed by atoms with Crippen LogP contribution in [0.15, 0.2) is 72.4 Å². The van der Waals surface area contributed by atoms with E-state index in [-0.39, 0.29) is 27.8 Å². The minimum absolute atomic E-state index is 0.140. The number of hydrogen-bond acceptors (Lipinski definition) is 8. The number of carbonyl (C=O) groups excluding carboxylic acids is 2. The van der Waals surface area contributed by atoms with E-state index in [1.165, 1.54) is 40.5 Å². The number of thiazole rings is 1. The van der Waals surface area contributed by atoms with E-state index in [0.717, 1.165) is 10.3 Å². The Labute approximate surface area is 219 Å². The van der Waals surface area contributed by atoms with E-state index in [2.05, 4.69) is 9.97 Å². The van der Waals surface area contributed by atoms with E-state index in [9.17, 15) is 24.8 Å². The summed E-state index contributed by atoms with van der Waals surface area (Å²) in [5.41, 5.74) is 3.13. The van der Waals surface area contributed by atoms with Gasteiger partial charge in [0.25, 0.3) is 11.5 Å². The number of imidazole rings is 1. The van der Waals surface area contributed by atoms with Crippen molar-refractivity contribution in [3.8, 4) is 0 Å². The lowest BCUT2D eigenvalue weighted by Gasteiger charge is -2.22. The van der Waals surface area contributed by atoms with Crippen LogP contribution in [0.1, 0.15) is 28.6 Å². The molecule has 1 saturated heterocycles. The number of Topliss-reactive ketones (excluding diaryl/α,β-unsaturated/α-hetero) is 1. The predicted molar refractivity (Wildman–Crippen MR) is 142 cm³/mol. The van der Waals surface area contributed by atoms with Crippen LogP contribution in [0.3, 0.4) is 0 Å². The highest BCUT2D eigenvalue weighted by molar-refractivity contribution is 7.22. The van der Waals surface area contributed by atoms with E-state index in [1.807, 2.05) is 25.1 Å². The summed E-state index contributed by atoms with van der Waals surface area (Å²) in [5, 5.41) is 23.1. The molecular formula is C27H19N5O5S. The number of hydrogen-bond donors (Lipinski definition) is 1. The first-order valence-corrected chi connectivity index (χ1v) is 12.4. The highest BCUT2D eigenvalue weighted by atomic mass is 32.1. The van der Waals surface area contributed by atoms with Crippen molar-refractivity contribution in [3.05, 3.63) is 105 Å². The van der Waals surface area contributed by atoms with Crippen molar-refractivity contribution in [2.24, 2.45) is 0 Å². The number of nitro benzene ring substituents is 1. The SMILES string of the molecule is Cc1ccc2nc(N3C(=O)C(=O)/C(=C(/O)c4c(C)nc5ccccn45)C3c3ccc([N+](=O)[O-])cc3)sc2c1. The van der Waals surface area contributed by atoms with Gasteiger partial charge in [0.05, 0.1) is 32.4 Å². The first kappa shape index (κ1) is 23.5. The topological polar surface area (TPSA) is 131 Å². The first-order valence-electron chi connectivity index (χ1n) is 11.6. The number of fused-ring (bicyclic) bond motifs is 2. The Balaban J connectivity index is 1.60. The molecule has 1 atom stereocenters. The summed E-state index contributed by atoms with van der Waals surface area (Å²) >= 11 is 1.25. The Bertz CT molecular complexity index is 1840. The molecule has 10 nitrogen and oxygen atoms in total. The number of nitro groups is 1. The summed E-state index contributed by atoms with van der Waals surface area (Å²) in [4.78, 5) is 48.1. The molecule has 0 radical (unpaired) electrons. The lowest BCUT2D eigenvalue weighted by molar-refractivity contribution is -0.384. The molecule has 188 valence electrons. The largest absolute Gasteiger partial charge is 0.505 e. The van der Waals surface area contributed by atoms with Crippen LogP contribution in [-0.2, 0) is 9.59 Å². The third-order valence-corrected chi connectivity index (χ3v) is 7.55. The van der Waals surface area contributed by atoms with Gasteiger partial charge in [-0.25, -0.2) is 9.97 Å². The molecule has 1 aliphatic rings. The van der Waals surface area contributed by atoms with E-state index >= 15 is 0 Å². The third kappa shape index (κ3) is 3.55. The number of non-ortho nitro benzene ring substituents is 1. The van der Waals surface area contributed by atoms with Crippen LogP contribution >= 0.6 is 11.3 Å². The van der Waals surface area contributed by atoms with Crippen LogP contribution < -0.4 is 4.90 Å². The maximum Gasteiger partial charge on any atom is 0.301 e. The van der Waals surface area contributed by atoms with Crippen LogP contribution in [0.5, 0.6) is 0 Å². The number of amides is 1. The van der Waals surface area contributed by atoms with Crippen molar-refractivity contribution in [2.45, 2.75) is 19.9 Å². The fourth-order valence-corrected chi connectivity index (χ4v) is 5.86. The van der Waals surface area contributed by atoms with Crippen LogP contribution in [0.25, 0.3) is 21.6 Å². The minimum Gasteiger partial charge on any atom is -0.505 e. The maximum atomic E-state index is 13.5. The average molecular weight is 526 g/mol. The van der Waals surface area contributed by atoms with Crippen molar-refractivity contribution in [1.29, 1.82) is 0 Å². The van der Waals surface area contributed by atoms with Crippen molar-refractivity contribution in [3.63, 3.8) is 0 Å². The van der Waals surface area contributed by atoms with Crippen molar-refractivity contribution in [2.75, 3.05) is 4.90 Å². The number of aromatic nitrogens is 3. The van der Waals surface area contributed by atoms with Gasteiger partial charge >= 0.3 is 5.91 Å². The Kier molecular flexibility index (Phi) is 5.31. The average Bonchev–Trinajstić information content (AvgIpc) is 3.54. The molecular weight excluding hydrogens is 506 g/mol. The van der Waals surface area contributed by atoms with Gasteiger partial charge in [0.2, 0.25) is 0 Å². The summed E-state index contributed by atoms with van der Waals surface area (Å²) < 4.78 is 2.48. The number of carbonyl (C=O) groups is 2. The number of aliphatic hydroxyl groups excluding tert-OH is 1. The summed E-state index contributed by atoms with van der Waals surface area (Å²) in [6, 6.07) is 15.5. The number of pyridine rings is 1. The van der Waals surface area contributed by atoms with Gasteiger partial charge < -0.3 is 5.11 Å². The Morgan fingerprint density at radius 2 is 1.82 bits per heavy atom. The summed E-state index contributed by atoms with van der Waals surface area (Å²) in [5.74, 6) is -2.12. The minimum atomic E-state index is -1.06. The van der Waals surface area contributed by atoms with E-state index in [4.69, 9.17) is 0 Å². The summed E-state index contributed by atoms with van der Waals surface area (Å²) in [6.45, 7) is 3.65. The van der Waals surface area contributed by atoms with Crippen LogP contribution in [-0.4, -0.2) is 36.1 Å². The third-order valence-electron chi connectivity index (χ3n) is 6.53. The van der Waals surface area contributed by atoms with Gasteiger partial charge in [-0.3, -0.25) is 29.0 Å². The molecule has 1 N–H and O–H groups in total. The van der Waals surface area contributed by atoms with Gasteiger partial charge in [0, 0.05) is 18.3 Å². The fourth-order valence-electron chi connectivity index (χ4n) is 4.77. The van der Waals surface area contributed by atoms with E-state index in [0.29, 0.717) is 22.4 Å². The molecule has 3 aromatic heterocycles. The number of anilines is 1. The van der Waals surface area contributed by atoms with Crippen molar-refractivity contribution in [1.82, 2.24) is 14.4 Å². The number of aliphatic hydroxyl groups is 1. The predicted octanol–water partition coefficient (Wildman–Crippen LogP) is 5.10. The molecule has 0 saturated carbocycles. The first-order chi connectivity index (χ1) is 18.2. The number of aryl methyl sites for hydroxylation is 2. The highest BCUT2D eigenvalue weighted by Crippen LogP contribution is 2.45. The Morgan fingerprint density at radius 3 is 2.55 bits per heavy atom. The fraction of sp³-hybridized carbons (Fsp3) is 0.111. The number of ketones is 1. The smallest absolute Gasteiger partial charge is 0.301 e. The number of rotatable bonds is 4. The second-order valence-corrected chi connectivity index (χ2v) is 9.97. The number of nitrogens with zero attached hydrogens (tertiary/aromatic N) is 5. The molecule has 0 spiro atoms. The van der Waals surface area contributed by atoms with Gasteiger partial charge in [-0.2, -0.15) is 0 Å². The monoisotopic (exact) mass is 525 g/mol. The summed E-state index contributed by atoms with van der Waals surface area (Å²) in [7, 11) is 0. The van der Waals surface area contributed by atoms with E-state index < -0.39 is 22.7 Å². The zero-order valence-corrected chi connectivity index (χ0v) is 21.0.